The third-order valence-electron chi connectivity index (χ3n) is 2.60. The van der Waals surface area contributed by atoms with Gasteiger partial charge >= 0.3 is 5.97 Å². The van der Waals surface area contributed by atoms with E-state index in [0.717, 1.165) is 15.7 Å². The van der Waals surface area contributed by atoms with Crippen molar-refractivity contribution in [3.05, 3.63) is 39.2 Å². The van der Waals surface area contributed by atoms with Crippen molar-refractivity contribution in [1.29, 1.82) is 0 Å². The Kier molecular flexibility index (Phi) is 4.52. The van der Waals surface area contributed by atoms with Gasteiger partial charge in [-0.1, -0.05) is 12.1 Å². The molecule has 100 valence electrons. The van der Waals surface area contributed by atoms with Crippen molar-refractivity contribution in [1.82, 2.24) is 15.0 Å². The number of carbonyl (C=O) groups excluding carboxylic acids is 1. The van der Waals surface area contributed by atoms with Crippen LogP contribution in [-0.4, -0.2) is 27.6 Å². The summed E-state index contributed by atoms with van der Waals surface area (Å²) in [5, 5.41) is 7.91. The number of ether oxygens (including phenoxy) is 1. The van der Waals surface area contributed by atoms with Crippen LogP contribution in [0.3, 0.4) is 0 Å². The van der Waals surface area contributed by atoms with E-state index in [1.54, 1.807) is 11.6 Å². The van der Waals surface area contributed by atoms with Gasteiger partial charge in [-0.25, -0.2) is 9.48 Å². The van der Waals surface area contributed by atoms with Gasteiger partial charge < -0.3 is 4.74 Å². The molecule has 6 heteroatoms. The summed E-state index contributed by atoms with van der Waals surface area (Å²) in [4.78, 5) is 11.8. The zero-order valence-corrected chi connectivity index (χ0v) is 12.9. The molecule has 1 aromatic heterocycles. The van der Waals surface area contributed by atoms with Gasteiger partial charge in [0.1, 0.15) is 0 Å². The molecule has 0 N–H and O–H groups in total. The van der Waals surface area contributed by atoms with Crippen LogP contribution in [0.2, 0.25) is 0 Å². The minimum absolute atomic E-state index is 0.270. The lowest BCUT2D eigenvalue weighted by Gasteiger charge is -2.04. The number of carbonyl (C=O) groups is 1. The van der Waals surface area contributed by atoms with Crippen molar-refractivity contribution in [3.63, 3.8) is 0 Å². The van der Waals surface area contributed by atoms with Crippen LogP contribution in [0.5, 0.6) is 0 Å². The van der Waals surface area contributed by atoms with E-state index in [0.29, 0.717) is 12.3 Å². The normalized spacial score (nSPS) is 10.5. The van der Waals surface area contributed by atoms with Gasteiger partial charge in [-0.2, -0.15) is 0 Å². The summed E-state index contributed by atoms with van der Waals surface area (Å²) in [6.45, 7) is 4.15. The average molecular weight is 371 g/mol. The number of hydrogen-bond donors (Lipinski definition) is 0. The summed E-state index contributed by atoms with van der Waals surface area (Å²) >= 11 is 2.24. The molecule has 0 saturated heterocycles. The number of aromatic nitrogens is 3. The van der Waals surface area contributed by atoms with E-state index < -0.39 is 5.97 Å². The number of benzene rings is 1. The molecule has 19 heavy (non-hydrogen) atoms. The Morgan fingerprint density at radius 3 is 2.68 bits per heavy atom. The maximum atomic E-state index is 11.8. The molecule has 0 unspecified atom stereocenters. The molecule has 0 aliphatic rings. The maximum absolute atomic E-state index is 11.8. The summed E-state index contributed by atoms with van der Waals surface area (Å²) in [5.74, 6) is -0.420. The number of halogens is 1. The Morgan fingerprint density at radius 2 is 2.05 bits per heavy atom. The third-order valence-corrected chi connectivity index (χ3v) is 3.32. The highest BCUT2D eigenvalue weighted by atomic mass is 127. The lowest BCUT2D eigenvalue weighted by molar-refractivity contribution is 0.0497. The highest BCUT2D eigenvalue weighted by Gasteiger charge is 2.18. The Bertz CT molecular complexity index is 578. The van der Waals surface area contributed by atoms with Crippen molar-refractivity contribution >= 4 is 28.6 Å². The van der Waals surface area contributed by atoms with E-state index in [1.165, 1.54) is 0 Å². The number of rotatable bonds is 4. The van der Waals surface area contributed by atoms with Crippen LogP contribution in [0.25, 0.3) is 5.69 Å². The van der Waals surface area contributed by atoms with E-state index in [9.17, 15) is 4.79 Å². The number of nitrogens with zero attached hydrogens (tertiary/aromatic N) is 3. The van der Waals surface area contributed by atoms with Crippen LogP contribution in [0.15, 0.2) is 24.3 Å². The highest BCUT2D eigenvalue weighted by molar-refractivity contribution is 14.1. The fourth-order valence-corrected chi connectivity index (χ4v) is 1.97. The third kappa shape index (κ3) is 3.12. The Labute approximate surface area is 125 Å². The van der Waals surface area contributed by atoms with Crippen molar-refractivity contribution < 1.29 is 9.53 Å². The SMILES string of the molecule is CCCOC(=O)c1nnn(-c2ccc(I)cc2)c1C. The molecule has 0 bridgehead atoms. The summed E-state index contributed by atoms with van der Waals surface area (Å²) in [5.41, 5.74) is 1.83. The summed E-state index contributed by atoms with van der Waals surface area (Å²) in [7, 11) is 0. The van der Waals surface area contributed by atoms with E-state index in [1.807, 2.05) is 31.2 Å². The van der Waals surface area contributed by atoms with E-state index in [2.05, 4.69) is 32.9 Å². The second kappa shape index (κ2) is 6.14. The first-order valence-electron chi connectivity index (χ1n) is 5.99. The van der Waals surface area contributed by atoms with Crippen molar-refractivity contribution in [2.45, 2.75) is 20.3 Å². The average Bonchev–Trinajstić information content (AvgIpc) is 2.79. The molecule has 0 atom stereocenters. The predicted molar refractivity (Wildman–Crippen MR) is 79.4 cm³/mol. The molecule has 0 fully saturated rings. The van der Waals surface area contributed by atoms with E-state index in [-0.39, 0.29) is 5.69 Å². The molecule has 0 radical (unpaired) electrons. The molecule has 0 aliphatic carbocycles. The van der Waals surface area contributed by atoms with Gasteiger partial charge in [0.25, 0.3) is 0 Å². The molecule has 2 rings (SSSR count). The molecule has 0 saturated carbocycles. The first-order chi connectivity index (χ1) is 9.13. The molecule has 0 aliphatic heterocycles. The van der Waals surface area contributed by atoms with Gasteiger partial charge in [-0.15, -0.1) is 5.10 Å². The van der Waals surface area contributed by atoms with Crippen molar-refractivity contribution in [2.75, 3.05) is 6.61 Å². The van der Waals surface area contributed by atoms with E-state index in [4.69, 9.17) is 4.74 Å². The number of hydrogen-bond acceptors (Lipinski definition) is 4. The fourth-order valence-electron chi connectivity index (χ4n) is 1.61. The summed E-state index contributed by atoms with van der Waals surface area (Å²) in [6, 6.07) is 7.83. The van der Waals surface area contributed by atoms with Crippen LogP contribution >= 0.6 is 22.6 Å². The molecule has 5 nitrogen and oxygen atoms in total. The van der Waals surface area contributed by atoms with Gasteiger partial charge in [-0.05, 0) is 60.2 Å². The molecule has 0 amide bonds. The topological polar surface area (TPSA) is 57.0 Å². The van der Waals surface area contributed by atoms with Crippen LogP contribution in [0, 0.1) is 10.5 Å². The number of esters is 1. The second-order valence-electron chi connectivity index (χ2n) is 4.05. The first-order valence-corrected chi connectivity index (χ1v) is 7.06. The van der Waals surface area contributed by atoms with Crippen LogP contribution in [0.1, 0.15) is 29.5 Å². The van der Waals surface area contributed by atoms with Crippen LogP contribution < -0.4 is 0 Å². The quantitative estimate of drug-likeness (QED) is 0.613. The second-order valence-corrected chi connectivity index (χ2v) is 5.29. The first kappa shape index (κ1) is 14.0. The molecular weight excluding hydrogens is 357 g/mol. The lowest BCUT2D eigenvalue weighted by Crippen LogP contribution is -2.08. The highest BCUT2D eigenvalue weighted by Crippen LogP contribution is 2.14. The molecule has 1 heterocycles. The standard InChI is InChI=1S/C13H14IN3O2/c1-3-8-19-13(18)12-9(2)17(16-15-12)11-6-4-10(14)5-7-11/h4-7H,3,8H2,1-2H3. The van der Waals surface area contributed by atoms with Gasteiger partial charge in [0.15, 0.2) is 5.69 Å². The van der Waals surface area contributed by atoms with Crippen molar-refractivity contribution in [2.24, 2.45) is 0 Å². The van der Waals surface area contributed by atoms with Gasteiger partial charge in [0.2, 0.25) is 0 Å². The largest absolute Gasteiger partial charge is 0.461 e. The molecular formula is C13H14IN3O2. The predicted octanol–water partition coefficient (Wildman–Crippen LogP) is 2.75. The lowest BCUT2D eigenvalue weighted by atomic mass is 10.3. The van der Waals surface area contributed by atoms with Crippen molar-refractivity contribution in [3.8, 4) is 5.69 Å². The minimum Gasteiger partial charge on any atom is -0.461 e. The maximum Gasteiger partial charge on any atom is 0.360 e. The van der Waals surface area contributed by atoms with Gasteiger partial charge in [-0.3, -0.25) is 0 Å². The monoisotopic (exact) mass is 371 g/mol. The zero-order valence-electron chi connectivity index (χ0n) is 10.8. The van der Waals surface area contributed by atoms with Crippen LogP contribution in [-0.2, 0) is 4.74 Å². The fraction of sp³-hybridized carbons (Fsp3) is 0.308. The summed E-state index contributed by atoms with van der Waals surface area (Å²) in [6.07, 6.45) is 0.788. The zero-order chi connectivity index (χ0) is 13.8. The summed E-state index contributed by atoms with van der Waals surface area (Å²) < 4.78 is 7.85. The smallest absolute Gasteiger partial charge is 0.360 e. The molecule has 0 spiro atoms. The van der Waals surface area contributed by atoms with Gasteiger partial charge in [0.05, 0.1) is 18.0 Å². The molecule has 1 aromatic carbocycles. The Balaban J connectivity index is 2.27. The van der Waals surface area contributed by atoms with E-state index >= 15 is 0 Å². The van der Waals surface area contributed by atoms with Gasteiger partial charge in [0, 0.05) is 3.57 Å². The van der Waals surface area contributed by atoms with Crippen LogP contribution in [0.4, 0.5) is 0 Å². The Morgan fingerprint density at radius 1 is 1.37 bits per heavy atom. The Hall–Kier alpha value is -1.44. The minimum atomic E-state index is -0.420. The molecule has 2 aromatic rings.